The van der Waals surface area contributed by atoms with Crippen LogP contribution in [0.15, 0.2) is 36.4 Å². The van der Waals surface area contributed by atoms with Crippen molar-refractivity contribution < 1.29 is 14.3 Å². The van der Waals surface area contributed by atoms with Crippen LogP contribution in [0.3, 0.4) is 0 Å². The molecule has 0 aliphatic heterocycles. The highest BCUT2D eigenvalue weighted by Crippen LogP contribution is 2.20. The fourth-order valence-electron chi connectivity index (χ4n) is 2.75. The average Bonchev–Trinajstić information content (AvgIpc) is 2.81. The standard InChI is InChI=1S/C19H23NO3/c1-5-17(23-15(4)21)12-20-13(2)11-18(14(20)3)19(22)16-9-7-6-8-10-16/h6-11,17H,5,12H2,1-4H3. The largest absolute Gasteiger partial charge is 0.461 e. The molecule has 1 unspecified atom stereocenters. The molecule has 0 saturated heterocycles. The Morgan fingerprint density at radius 3 is 2.39 bits per heavy atom. The van der Waals surface area contributed by atoms with Crippen molar-refractivity contribution in [3.8, 4) is 0 Å². The lowest BCUT2D eigenvalue weighted by Gasteiger charge is -2.18. The summed E-state index contributed by atoms with van der Waals surface area (Å²) in [5, 5.41) is 0. The van der Waals surface area contributed by atoms with Gasteiger partial charge in [-0.05, 0) is 26.3 Å². The maximum atomic E-state index is 12.7. The Morgan fingerprint density at radius 2 is 1.83 bits per heavy atom. The lowest BCUT2D eigenvalue weighted by molar-refractivity contribution is -0.147. The number of ketones is 1. The van der Waals surface area contributed by atoms with Crippen molar-refractivity contribution in [3.63, 3.8) is 0 Å². The molecular weight excluding hydrogens is 290 g/mol. The molecule has 0 spiro atoms. The molecule has 1 atom stereocenters. The maximum Gasteiger partial charge on any atom is 0.302 e. The fourth-order valence-corrected chi connectivity index (χ4v) is 2.75. The van der Waals surface area contributed by atoms with Crippen LogP contribution in [-0.4, -0.2) is 22.4 Å². The minimum atomic E-state index is -0.278. The molecule has 1 aromatic carbocycles. The summed E-state index contributed by atoms with van der Waals surface area (Å²) in [7, 11) is 0. The quantitative estimate of drug-likeness (QED) is 0.604. The van der Waals surface area contributed by atoms with E-state index < -0.39 is 0 Å². The van der Waals surface area contributed by atoms with Gasteiger partial charge in [-0.1, -0.05) is 37.3 Å². The van der Waals surface area contributed by atoms with Crippen LogP contribution >= 0.6 is 0 Å². The summed E-state index contributed by atoms with van der Waals surface area (Å²) < 4.78 is 7.37. The zero-order valence-corrected chi connectivity index (χ0v) is 14.1. The van der Waals surface area contributed by atoms with E-state index in [9.17, 15) is 9.59 Å². The number of aromatic nitrogens is 1. The molecule has 1 heterocycles. The Morgan fingerprint density at radius 1 is 1.17 bits per heavy atom. The minimum Gasteiger partial charge on any atom is -0.461 e. The van der Waals surface area contributed by atoms with Gasteiger partial charge in [-0.15, -0.1) is 0 Å². The number of carbonyl (C=O) groups is 2. The van der Waals surface area contributed by atoms with Gasteiger partial charge in [0.2, 0.25) is 0 Å². The fraction of sp³-hybridized carbons (Fsp3) is 0.368. The van der Waals surface area contributed by atoms with Crippen LogP contribution in [-0.2, 0) is 16.1 Å². The van der Waals surface area contributed by atoms with E-state index in [0.717, 1.165) is 17.8 Å². The highest BCUT2D eigenvalue weighted by atomic mass is 16.5. The second-order valence-electron chi connectivity index (χ2n) is 5.73. The number of esters is 1. The normalized spacial score (nSPS) is 12.0. The van der Waals surface area contributed by atoms with Crippen molar-refractivity contribution in [2.45, 2.75) is 46.8 Å². The molecule has 0 bridgehead atoms. The van der Waals surface area contributed by atoms with Crippen LogP contribution in [0.5, 0.6) is 0 Å². The van der Waals surface area contributed by atoms with Crippen molar-refractivity contribution in [2.75, 3.05) is 0 Å². The molecule has 0 fully saturated rings. The number of carbonyl (C=O) groups excluding carboxylic acids is 2. The minimum absolute atomic E-state index is 0.0190. The average molecular weight is 313 g/mol. The Bertz CT molecular complexity index is 701. The second-order valence-corrected chi connectivity index (χ2v) is 5.73. The van der Waals surface area contributed by atoms with Gasteiger partial charge in [-0.3, -0.25) is 9.59 Å². The van der Waals surface area contributed by atoms with Gasteiger partial charge in [-0.25, -0.2) is 0 Å². The maximum absolute atomic E-state index is 12.7. The zero-order valence-electron chi connectivity index (χ0n) is 14.1. The van der Waals surface area contributed by atoms with E-state index >= 15 is 0 Å². The highest BCUT2D eigenvalue weighted by Gasteiger charge is 2.19. The first-order valence-electron chi connectivity index (χ1n) is 7.87. The number of nitrogens with zero attached hydrogens (tertiary/aromatic N) is 1. The first-order chi connectivity index (χ1) is 10.9. The van der Waals surface area contributed by atoms with Crippen molar-refractivity contribution in [2.24, 2.45) is 0 Å². The lowest BCUT2D eigenvalue weighted by Crippen LogP contribution is -2.23. The van der Waals surface area contributed by atoms with Gasteiger partial charge >= 0.3 is 5.97 Å². The van der Waals surface area contributed by atoms with E-state index in [2.05, 4.69) is 0 Å². The van der Waals surface area contributed by atoms with Crippen LogP contribution in [0.2, 0.25) is 0 Å². The first kappa shape index (κ1) is 17.0. The van der Waals surface area contributed by atoms with E-state index in [1.807, 2.05) is 61.7 Å². The molecule has 23 heavy (non-hydrogen) atoms. The summed E-state index contributed by atoms with van der Waals surface area (Å²) in [5.41, 5.74) is 3.28. The molecular formula is C19H23NO3. The van der Waals surface area contributed by atoms with E-state index in [0.29, 0.717) is 17.7 Å². The molecule has 4 heteroatoms. The molecule has 0 aliphatic carbocycles. The number of hydrogen-bond donors (Lipinski definition) is 0. The number of rotatable bonds is 6. The van der Waals surface area contributed by atoms with E-state index in [-0.39, 0.29) is 17.9 Å². The zero-order chi connectivity index (χ0) is 17.0. The predicted molar refractivity (Wildman–Crippen MR) is 89.6 cm³/mol. The summed E-state index contributed by atoms with van der Waals surface area (Å²) >= 11 is 0. The van der Waals surface area contributed by atoms with Gasteiger partial charge in [0, 0.05) is 29.4 Å². The van der Waals surface area contributed by atoms with E-state index in [1.54, 1.807) is 0 Å². The van der Waals surface area contributed by atoms with E-state index in [1.165, 1.54) is 6.92 Å². The molecule has 122 valence electrons. The number of benzene rings is 1. The van der Waals surface area contributed by atoms with Gasteiger partial charge in [0.05, 0.1) is 6.54 Å². The Kier molecular flexibility index (Phi) is 5.37. The van der Waals surface area contributed by atoms with Crippen LogP contribution < -0.4 is 0 Å². The van der Waals surface area contributed by atoms with Gasteiger partial charge in [0.25, 0.3) is 0 Å². The molecule has 0 aliphatic rings. The summed E-state index contributed by atoms with van der Waals surface area (Å²) in [6, 6.07) is 11.2. The number of hydrogen-bond acceptors (Lipinski definition) is 3. The Labute approximate surface area is 137 Å². The molecule has 4 nitrogen and oxygen atoms in total. The van der Waals surface area contributed by atoms with Crippen molar-refractivity contribution >= 4 is 11.8 Å². The first-order valence-corrected chi connectivity index (χ1v) is 7.87. The summed E-state index contributed by atoms with van der Waals surface area (Å²) in [6.07, 6.45) is 0.551. The highest BCUT2D eigenvalue weighted by molar-refractivity contribution is 6.09. The topological polar surface area (TPSA) is 48.3 Å². The van der Waals surface area contributed by atoms with Crippen molar-refractivity contribution in [1.29, 1.82) is 0 Å². The smallest absolute Gasteiger partial charge is 0.302 e. The van der Waals surface area contributed by atoms with Gasteiger partial charge in [-0.2, -0.15) is 0 Å². The Hall–Kier alpha value is -2.36. The van der Waals surface area contributed by atoms with Crippen LogP contribution in [0, 0.1) is 13.8 Å². The second kappa shape index (κ2) is 7.27. The van der Waals surface area contributed by atoms with Crippen LogP contribution in [0.4, 0.5) is 0 Å². The third-order valence-corrected chi connectivity index (χ3v) is 4.03. The third-order valence-electron chi connectivity index (χ3n) is 4.03. The molecule has 0 amide bonds. The van der Waals surface area contributed by atoms with Crippen LogP contribution in [0.25, 0.3) is 0 Å². The molecule has 2 aromatic rings. The lowest BCUT2D eigenvalue weighted by atomic mass is 10.0. The SMILES string of the molecule is CCC(Cn1c(C)cc(C(=O)c2ccccc2)c1C)OC(C)=O. The molecule has 1 aromatic heterocycles. The monoisotopic (exact) mass is 313 g/mol. The van der Waals surface area contributed by atoms with Gasteiger partial charge in [0.15, 0.2) is 5.78 Å². The van der Waals surface area contributed by atoms with Gasteiger partial charge < -0.3 is 9.30 Å². The molecule has 2 rings (SSSR count). The third kappa shape index (κ3) is 3.89. The summed E-state index contributed by atoms with van der Waals surface area (Å²) in [5.74, 6) is -0.259. The van der Waals surface area contributed by atoms with E-state index in [4.69, 9.17) is 4.74 Å². The molecule has 0 saturated carbocycles. The van der Waals surface area contributed by atoms with Gasteiger partial charge in [0.1, 0.15) is 6.10 Å². The van der Waals surface area contributed by atoms with Crippen LogP contribution in [0.1, 0.15) is 47.6 Å². The summed E-state index contributed by atoms with van der Waals surface area (Å²) in [6.45, 7) is 7.87. The number of aryl methyl sites for hydroxylation is 1. The molecule has 0 radical (unpaired) electrons. The Balaban J connectivity index is 2.29. The van der Waals surface area contributed by atoms with Crippen molar-refractivity contribution in [3.05, 3.63) is 58.9 Å². The van der Waals surface area contributed by atoms with Crippen molar-refractivity contribution in [1.82, 2.24) is 4.57 Å². The predicted octanol–water partition coefficient (Wildman–Crippen LogP) is 3.68. The summed E-state index contributed by atoms with van der Waals surface area (Å²) in [4.78, 5) is 23.9. The molecule has 0 N–H and O–H groups in total. The number of ether oxygens (including phenoxy) is 1.